The SMILES string of the molecule is CNc1ccn(-c2cccc(C(F)(F)F)c2)n1. The number of aromatic nitrogens is 2. The van der Waals surface area contributed by atoms with Crippen molar-refractivity contribution in [1.82, 2.24) is 9.78 Å². The number of anilines is 1. The lowest BCUT2D eigenvalue weighted by molar-refractivity contribution is -0.137. The van der Waals surface area contributed by atoms with Crippen LogP contribution >= 0.6 is 0 Å². The van der Waals surface area contributed by atoms with Crippen LogP contribution < -0.4 is 5.32 Å². The minimum Gasteiger partial charge on any atom is -0.372 e. The van der Waals surface area contributed by atoms with Crippen molar-refractivity contribution >= 4 is 5.82 Å². The Kier molecular flexibility index (Phi) is 2.79. The molecule has 0 aliphatic carbocycles. The lowest BCUT2D eigenvalue weighted by Gasteiger charge is -2.08. The monoisotopic (exact) mass is 241 g/mol. The first-order chi connectivity index (χ1) is 8.00. The van der Waals surface area contributed by atoms with E-state index in [0.29, 0.717) is 11.5 Å². The molecule has 6 heteroatoms. The summed E-state index contributed by atoms with van der Waals surface area (Å²) < 4.78 is 38.9. The van der Waals surface area contributed by atoms with Gasteiger partial charge in [-0.2, -0.15) is 18.3 Å². The fraction of sp³-hybridized carbons (Fsp3) is 0.182. The van der Waals surface area contributed by atoms with E-state index in [0.717, 1.165) is 12.1 Å². The second-order valence-electron chi connectivity index (χ2n) is 3.44. The van der Waals surface area contributed by atoms with E-state index >= 15 is 0 Å². The van der Waals surface area contributed by atoms with Crippen LogP contribution in [-0.2, 0) is 6.18 Å². The van der Waals surface area contributed by atoms with E-state index < -0.39 is 11.7 Å². The second-order valence-corrected chi connectivity index (χ2v) is 3.44. The number of benzene rings is 1. The third-order valence-electron chi connectivity index (χ3n) is 2.28. The Morgan fingerprint density at radius 1 is 1.24 bits per heavy atom. The third kappa shape index (κ3) is 2.41. The zero-order chi connectivity index (χ0) is 12.5. The summed E-state index contributed by atoms with van der Waals surface area (Å²) in [6.45, 7) is 0. The molecule has 0 unspecified atom stereocenters. The molecular formula is C11H10F3N3. The van der Waals surface area contributed by atoms with Crippen molar-refractivity contribution in [2.24, 2.45) is 0 Å². The van der Waals surface area contributed by atoms with Crippen LogP contribution in [0.25, 0.3) is 5.69 Å². The van der Waals surface area contributed by atoms with Crippen LogP contribution in [-0.4, -0.2) is 16.8 Å². The molecule has 0 radical (unpaired) electrons. The average Bonchev–Trinajstić information content (AvgIpc) is 2.76. The van der Waals surface area contributed by atoms with Crippen molar-refractivity contribution in [3.63, 3.8) is 0 Å². The highest BCUT2D eigenvalue weighted by atomic mass is 19.4. The molecule has 0 saturated carbocycles. The van der Waals surface area contributed by atoms with E-state index in [4.69, 9.17) is 0 Å². The van der Waals surface area contributed by atoms with Crippen molar-refractivity contribution in [2.75, 3.05) is 12.4 Å². The minimum absolute atomic E-state index is 0.376. The molecule has 90 valence electrons. The molecule has 0 aliphatic heterocycles. The molecule has 17 heavy (non-hydrogen) atoms. The first-order valence-corrected chi connectivity index (χ1v) is 4.92. The maximum Gasteiger partial charge on any atom is 0.416 e. The molecule has 2 rings (SSSR count). The van der Waals surface area contributed by atoms with Crippen LogP contribution in [0.1, 0.15) is 5.56 Å². The normalized spacial score (nSPS) is 11.5. The van der Waals surface area contributed by atoms with Gasteiger partial charge < -0.3 is 5.32 Å². The van der Waals surface area contributed by atoms with E-state index in [9.17, 15) is 13.2 Å². The molecule has 0 spiro atoms. The summed E-state index contributed by atoms with van der Waals surface area (Å²) in [5.74, 6) is 0.599. The number of rotatable bonds is 2. The van der Waals surface area contributed by atoms with E-state index in [1.54, 1.807) is 25.4 Å². The predicted octanol–water partition coefficient (Wildman–Crippen LogP) is 2.93. The maximum absolute atomic E-state index is 12.5. The van der Waals surface area contributed by atoms with Gasteiger partial charge >= 0.3 is 6.18 Å². The Bertz CT molecular complexity index is 517. The Hall–Kier alpha value is -1.98. The van der Waals surface area contributed by atoms with E-state index in [2.05, 4.69) is 10.4 Å². The van der Waals surface area contributed by atoms with Crippen LogP contribution in [0.4, 0.5) is 19.0 Å². The quantitative estimate of drug-likeness (QED) is 0.876. The average molecular weight is 241 g/mol. The summed E-state index contributed by atoms with van der Waals surface area (Å²) in [6.07, 6.45) is -2.74. The van der Waals surface area contributed by atoms with Gasteiger partial charge in [-0.25, -0.2) is 4.68 Å². The highest BCUT2D eigenvalue weighted by Gasteiger charge is 2.30. The molecule has 0 bridgehead atoms. The Morgan fingerprint density at radius 3 is 2.59 bits per heavy atom. The maximum atomic E-state index is 12.5. The summed E-state index contributed by atoms with van der Waals surface area (Å²) in [5.41, 5.74) is -0.308. The lowest BCUT2D eigenvalue weighted by Crippen LogP contribution is -2.06. The molecule has 0 aliphatic rings. The van der Waals surface area contributed by atoms with Gasteiger partial charge in [-0.15, -0.1) is 0 Å². The largest absolute Gasteiger partial charge is 0.416 e. The topological polar surface area (TPSA) is 29.9 Å². The minimum atomic E-state index is -4.34. The number of hydrogen-bond acceptors (Lipinski definition) is 2. The standard InChI is InChI=1S/C11H10F3N3/c1-15-10-5-6-17(16-10)9-4-2-3-8(7-9)11(12,13)14/h2-7H,1H3,(H,15,16). The highest BCUT2D eigenvalue weighted by Crippen LogP contribution is 2.30. The van der Waals surface area contributed by atoms with E-state index in [-0.39, 0.29) is 0 Å². The molecular weight excluding hydrogens is 231 g/mol. The summed E-state index contributed by atoms with van der Waals surface area (Å²) in [5, 5.41) is 6.87. The Morgan fingerprint density at radius 2 is 2.00 bits per heavy atom. The van der Waals surface area contributed by atoms with Gasteiger partial charge in [0.2, 0.25) is 0 Å². The number of alkyl halides is 3. The predicted molar refractivity (Wildman–Crippen MR) is 58.1 cm³/mol. The molecule has 2 aromatic rings. The molecule has 0 amide bonds. The van der Waals surface area contributed by atoms with Gasteiger partial charge in [0.15, 0.2) is 0 Å². The van der Waals surface area contributed by atoms with Crippen molar-refractivity contribution < 1.29 is 13.2 Å². The van der Waals surface area contributed by atoms with Crippen molar-refractivity contribution in [2.45, 2.75) is 6.18 Å². The van der Waals surface area contributed by atoms with Gasteiger partial charge in [0.25, 0.3) is 0 Å². The fourth-order valence-electron chi connectivity index (χ4n) is 1.43. The smallest absolute Gasteiger partial charge is 0.372 e. The number of hydrogen-bond donors (Lipinski definition) is 1. The van der Waals surface area contributed by atoms with Crippen LogP contribution in [0, 0.1) is 0 Å². The molecule has 0 fully saturated rings. The zero-order valence-electron chi connectivity index (χ0n) is 8.99. The molecule has 1 N–H and O–H groups in total. The molecule has 0 atom stereocenters. The molecule has 1 heterocycles. The van der Waals surface area contributed by atoms with Crippen molar-refractivity contribution in [3.05, 3.63) is 42.1 Å². The molecule has 1 aromatic heterocycles. The summed E-state index contributed by atoms with van der Waals surface area (Å²) in [6, 6.07) is 6.71. The summed E-state index contributed by atoms with van der Waals surface area (Å²) in [4.78, 5) is 0. The number of nitrogens with zero attached hydrogens (tertiary/aromatic N) is 2. The van der Waals surface area contributed by atoms with Gasteiger partial charge in [0, 0.05) is 19.3 Å². The van der Waals surface area contributed by atoms with E-state index in [1.165, 1.54) is 10.7 Å². The van der Waals surface area contributed by atoms with Crippen LogP contribution in [0.3, 0.4) is 0 Å². The van der Waals surface area contributed by atoms with Gasteiger partial charge in [-0.3, -0.25) is 0 Å². The fourth-order valence-corrected chi connectivity index (χ4v) is 1.43. The van der Waals surface area contributed by atoms with Gasteiger partial charge in [-0.1, -0.05) is 6.07 Å². The van der Waals surface area contributed by atoms with Gasteiger partial charge in [0.1, 0.15) is 5.82 Å². The third-order valence-corrected chi connectivity index (χ3v) is 2.28. The zero-order valence-corrected chi connectivity index (χ0v) is 8.99. The second kappa shape index (κ2) is 4.12. The summed E-state index contributed by atoms with van der Waals surface area (Å²) >= 11 is 0. The highest BCUT2D eigenvalue weighted by molar-refractivity contribution is 5.40. The Balaban J connectivity index is 2.39. The van der Waals surface area contributed by atoms with Crippen molar-refractivity contribution in [3.8, 4) is 5.69 Å². The molecule has 1 aromatic carbocycles. The molecule has 0 saturated heterocycles. The molecule has 3 nitrogen and oxygen atoms in total. The Labute approximate surface area is 95.9 Å². The van der Waals surface area contributed by atoms with Crippen LogP contribution in [0.5, 0.6) is 0 Å². The first-order valence-electron chi connectivity index (χ1n) is 4.92. The van der Waals surface area contributed by atoms with Gasteiger partial charge in [-0.05, 0) is 18.2 Å². The van der Waals surface area contributed by atoms with Crippen LogP contribution in [0.2, 0.25) is 0 Å². The first kappa shape index (κ1) is 11.5. The summed E-state index contributed by atoms with van der Waals surface area (Å²) in [7, 11) is 1.69. The lowest BCUT2D eigenvalue weighted by atomic mass is 10.2. The number of nitrogens with one attached hydrogen (secondary N) is 1. The number of halogens is 3. The van der Waals surface area contributed by atoms with Crippen LogP contribution in [0.15, 0.2) is 36.5 Å². The van der Waals surface area contributed by atoms with Crippen molar-refractivity contribution in [1.29, 1.82) is 0 Å². The van der Waals surface area contributed by atoms with Gasteiger partial charge in [0.05, 0.1) is 11.3 Å². The van der Waals surface area contributed by atoms with E-state index in [1.807, 2.05) is 0 Å².